The predicted molar refractivity (Wildman–Crippen MR) is 70.0 cm³/mol. The fraction of sp³-hybridized carbons (Fsp3) is 0.857. The molecule has 18 heavy (non-hydrogen) atoms. The minimum Gasteiger partial charge on any atom is -0.469 e. The number of hydrogen-bond donors (Lipinski definition) is 1. The molecule has 104 valence electrons. The Morgan fingerprint density at radius 1 is 1.22 bits per heavy atom. The van der Waals surface area contributed by atoms with E-state index in [4.69, 9.17) is 0 Å². The van der Waals surface area contributed by atoms with Crippen molar-refractivity contribution in [2.24, 2.45) is 11.8 Å². The van der Waals surface area contributed by atoms with Crippen molar-refractivity contribution in [2.75, 3.05) is 7.11 Å². The van der Waals surface area contributed by atoms with Gasteiger partial charge in [-0.25, -0.2) is 0 Å². The van der Waals surface area contributed by atoms with Crippen molar-refractivity contribution >= 4 is 11.9 Å². The molecule has 0 bridgehead atoms. The first-order valence-corrected chi connectivity index (χ1v) is 6.89. The van der Waals surface area contributed by atoms with Crippen molar-refractivity contribution in [3.63, 3.8) is 0 Å². The third-order valence-electron chi connectivity index (χ3n) is 3.79. The largest absolute Gasteiger partial charge is 0.469 e. The quantitative estimate of drug-likeness (QED) is 0.767. The smallest absolute Gasteiger partial charge is 0.305 e. The molecule has 0 aromatic heterocycles. The number of ether oxygens (including phenoxy) is 1. The van der Waals surface area contributed by atoms with E-state index in [-0.39, 0.29) is 11.9 Å². The van der Waals surface area contributed by atoms with Gasteiger partial charge in [0, 0.05) is 18.9 Å². The number of amides is 1. The molecule has 0 heterocycles. The van der Waals surface area contributed by atoms with Crippen molar-refractivity contribution in [1.29, 1.82) is 0 Å². The second-order valence-electron chi connectivity index (χ2n) is 5.50. The molecule has 3 atom stereocenters. The number of methoxy groups -OCH3 is 1. The van der Waals surface area contributed by atoms with Crippen molar-refractivity contribution in [3.05, 3.63) is 0 Å². The molecule has 1 rings (SSSR count). The minimum atomic E-state index is -0.248. The van der Waals surface area contributed by atoms with Crippen LogP contribution in [0.25, 0.3) is 0 Å². The van der Waals surface area contributed by atoms with Crippen molar-refractivity contribution in [3.8, 4) is 0 Å². The number of nitrogens with one attached hydrogen (secondary N) is 1. The second-order valence-corrected chi connectivity index (χ2v) is 5.50. The van der Waals surface area contributed by atoms with E-state index in [1.165, 1.54) is 20.0 Å². The van der Waals surface area contributed by atoms with Gasteiger partial charge in [-0.3, -0.25) is 9.59 Å². The van der Waals surface area contributed by atoms with Gasteiger partial charge in [-0.1, -0.05) is 13.8 Å². The molecule has 0 aromatic carbocycles. The highest BCUT2D eigenvalue weighted by molar-refractivity contribution is 5.77. The normalized spacial score (nSPS) is 27.6. The lowest BCUT2D eigenvalue weighted by Gasteiger charge is -2.33. The third-order valence-corrected chi connectivity index (χ3v) is 3.79. The molecule has 0 spiro atoms. The van der Waals surface area contributed by atoms with E-state index in [9.17, 15) is 9.59 Å². The van der Waals surface area contributed by atoms with Crippen LogP contribution in [-0.2, 0) is 14.3 Å². The Labute approximate surface area is 109 Å². The average molecular weight is 255 g/mol. The molecule has 1 fully saturated rings. The lowest BCUT2D eigenvalue weighted by Crippen LogP contribution is -2.42. The number of hydrogen-bond acceptors (Lipinski definition) is 3. The maximum absolute atomic E-state index is 11.7. The Morgan fingerprint density at radius 3 is 2.56 bits per heavy atom. The van der Waals surface area contributed by atoms with Crippen LogP contribution in [0.3, 0.4) is 0 Å². The molecule has 1 saturated carbocycles. The summed E-state index contributed by atoms with van der Waals surface area (Å²) in [6.07, 6.45) is 4.75. The molecule has 1 amide bonds. The van der Waals surface area contributed by atoms with Gasteiger partial charge in [0.25, 0.3) is 0 Å². The fourth-order valence-corrected chi connectivity index (χ4v) is 2.65. The number of rotatable bonds is 5. The molecule has 4 heteroatoms. The van der Waals surface area contributed by atoms with Gasteiger partial charge in [0.05, 0.1) is 7.11 Å². The van der Waals surface area contributed by atoms with E-state index in [1.54, 1.807) is 0 Å². The molecule has 0 aliphatic heterocycles. The summed E-state index contributed by atoms with van der Waals surface area (Å²) in [6, 6.07) is 0.312. The summed E-state index contributed by atoms with van der Waals surface area (Å²) in [4.78, 5) is 22.7. The van der Waals surface area contributed by atoms with Gasteiger partial charge >= 0.3 is 5.97 Å². The Morgan fingerprint density at radius 2 is 1.94 bits per heavy atom. The summed E-state index contributed by atoms with van der Waals surface area (Å²) in [5.74, 6) is 1.14. The van der Waals surface area contributed by atoms with Crippen LogP contribution in [-0.4, -0.2) is 25.0 Å². The first-order valence-electron chi connectivity index (χ1n) is 6.89. The van der Waals surface area contributed by atoms with Gasteiger partial charge in [-0.05, 0) is 37.5 Å². The molecule has 0 aromatic rings. The first-order chi connectivity index (χ1) is 8.52. The summed E-state index contributed by atoms with van der Waals surface area (Å²) >= 11 is 0. The topological polar surface area (TPSA) is 55.4 Å². The standard InChI is InChI=1S/C14H25NO3/c1-10-7-8-12(11(2)9-10)15-13(16)5-4-6-14(17)18-3/h10-12H,4-9H2,1-3H3,(H,15,16)/t10-,11+,12-/m1/s1. The highest BCUT2D eigenvalue weighted by Gasteiger charge is 2.26. The predicted octanol–water partition coefficient (Wildman–Crippen LogP) is 2.27. The molecule has 1 aliphatic rings. The Bertz CT molecular complexity index is 291. The summed E-state index contributed by atoms with van der Waals surface area (Å²) in [5, 5.41) is 3.09. The van der Waals surface area contributed by atoms with Crippen LogP contribution in [0, 0.1) is 11.8 Å². The van der Waals surface area contributed by atoms with Gasteiger partial charge in [0.15, 0.2) is 0 Å². The monoisotopic (exact) mass is 255 g/mol. The van der Waals surface area contributed by atoms with Gasteiger partial charge in [-0.2, -0.15) is 0 Å². The number of carbonyl (C=O) groups is 2. The van der Waals surface area contributed by atoms with Crippen LogP contribution >= 0.6 is 0 Å². The number of esters is 1. The molecule has 1 aliphatic carbocycles. The van der Waals surface area contributed by atoms with E-state index in [2.05, 4.69) is 23.9 Å². The minimum absolute atomic E-state index is 0.0605. The number of carbonyl (C=O) groups excluding carboxylic acids is 2. The van der Waals surface area contributed by atoms with Crippen molar-refractivity contribution in [1.82, 2.24) is 5.32 Å². The van der Waals surface area contributed by atoms with Crippen LogP contribution in [0.1, 0.15) is 52.4 Å². The van der Waals surface area contributed by atoms with E-state index in [1.807, 2.05) is 0 Å². The van der Waals surface area contributed by atoms with Crippen LogP contribution in [0.2, 0.25) is 0 Å². The molecule has 0 saturated heterocycles. The van der Waals surface area contributed by atoms with Crippen molar-refractivity contribution in [2.45, 2.75) is 58.4 Å². The SMILES string of the molecule is COC(=O)CCCC(=O)N[C@@H]1CC[C@@H](C)C[C@@H]1C. The van der Waals surface area contributed by atoms with Crippen LogP contribution in [0.5, 0.6) is 0 Å². The van der Waals surface area contributed by atoms with E-state index < -0.39 is 0 Å². The molecular weight excluding hydrogens is 230 g/mol. The van der Waals surface area contributed by atoms with Gasteiger partial charge in [0.2, 0.25) is 5.91 Å². The van der Waals surface area contributed by atoms with E-state index >= 15 is 0 Å². The molecule has 4 nitrogen and oxygen atoms in total. The van der Waals surface area contributed by atoms with Crippen LogP contribution < -0.4 is 5.32 Å². The Balaban J connectivity index is 2.21. The maximum atomic E-state index is 11.7. The molecule has 0 radical (unpaired) electrons. The lowest BCUT2D eigenvalue weighted by molar-refractivity contribution is -0.140. The third kappa shape index (κ3) is 5.07. The fourth-order valence-electron chi connectivity index (χ4n) is 2.65. The lowest BCUT2D eigenvalue weighted by atomic mass is 9.80. The Kier molecular flexibility index (Phi) is 6.16. The molecule has 0 unspecified atom stereocenters. The van der Waals surface area contributed by atoms with Gasteiger partial charge in [-0.15, -0.1) is 0 Å². The summed E-state index contributed by atoms with van der Waals surface area (Å²) in [6.45, 7) is 4.47. The Hall–Kier alpha value is -1.06. The average Bonchev–Trinajstić information content (AvgIpc) is 2.32. The van der Waals surface area contributed by atoms with E-state index in [0.29, 0.717) is 31.2 Å². The van der Waals surface area contributed by atoms with Gasteiger partial charge in [0.1, 0.15) is 0 Å². The zero-order valence-electron chi connectivity index (χ0n) is 11.7. The van der Waals surface area contributed by atoms with E-state index in [0.717, 1.165) is 12.3 Å². The summed E-state index contributed by atoms with van der Waals surface area (Å²) < 4.78 is 4.54. The van der Waals surface area contributed by atoms with Gasteiger partial charge < -0.3 is 10.1 Å². The summed E-state index contributed by atoms with van der Waals surface area (Å²) in [7, 11) is 1.37. The molecular formula is C14H25NO3. The highest BCUT2D eigenvalue weighted by atomic mass is 16.5. The zero-order valence-corrected chi connectivity index (χ0v) is 11.7. The first kappa shape index (κ1) is 15.0. The summed E-state index contributed by atoms with van der Waals surface area (Å²) in [5.41, 5.74) is 0. The zero-order chi connectivity index (χ0) is 13.5. The highest BCUT2D eigenvalue weighted by Crippen LogP contribution is 2.28. The van der Waals surface area contributed by atoms with Crippen LogP contribution in [0.4, 0.5) is 0 Å². The van der Waals surface area contributed by atoms with Crippen LogP contribution in [0.15, 0.2) is 0 Å². The molecule has 1 N–H and O–H groups in total. The second kappa shape index (κ2) is 7.39. The van der Waals surface area contributed by atoms with Crippen molar-refractivity contribution < 1.29 is 14.3 Å². The maximum Gasteiger partial charge on any atom is 0.305 e.